The Morgan fingerprint density at radius 3 is 2.82 bits per heavy atom. The number of fused-ring (bicyclic) bond motifs is 1. The van der Waals surface area contributed by atoms with Crippen LogP contribution in [0.3, 0.4) is 0 Å². The van der Waals surface area contributed by atoms with Crippen molar-refractivity contribution in [2.75, 3.05) is 7.11 Å². The van der Waals surface area contributed by atoms with E-state index in [0.29, 0.717) is 16.5 Å². The maximum absolute atomic E-state index is 12.1. The van der Waals surface area contributed by atoms with Gasteiger partial charge in [0.25, 0.3) is 0 Å². The number of carbonyl (C=O) groups excluding carboxylic acids is 1. The number of hydrogen-bond acceptors (Lipinski definition) is 6. The number of hydrogen-bond donors (Lipinski definition) is 1. The zero-order valence-corrected chi connectivity index (χ0v) is 12.6. The molecule has 1 aromatic carbocycles. The molecule has 3 aromatic rings. The third-order valence-electron chi connectivity index (χ3n) is 2.99. The number of rotatable bonds is 5. The van der Waals surface area contributed by atoms with Crippen molar-refractivity contribution in [1.29, 1.82) is 0 Å². The lowest BCUT2D eigenvalue weighted by molar-refractivity contribution is 0.0511. The van der Waals surface area contributed by atoms with Gasteiger partial charge in [-0.3, -0.25) is 9.63 Å². The number of furan rings is 1. The number of nitrogens with zero attached hydrogens (tertiary/aromatic N) is 2. The molecule has 0 fully saturated rings. The van der Waals surface area contributed by atoms with E-state index in [9.17, 15) is 4.79 Å². The highest BCUT2D eigenvalue weighted by molar-refractivity contribution is 7.98. The van der Waals surface area contributed by atoms with Crippen molar-refractivity contribution >= 4 is 28.6 Å². The Labute approximate surface area is 130 Å². The minimum absolute atomic E-state index is 0.242. The van der Waals surface area contributed by atoms with E-state index >= 15 is 0 Å². The van der Waals surface area contributed by atoms with Crippen molar-refractivity contribution in [1.82, 2.24) is 15.4 Å². The first-order chi connectivity index (χ1) is 10.8. The normalized spacial score (nSPS) is 10.8. The fourth-order valence-corrected chi connectivity index (χ4v) is 2.89. The molecule has 3 rings (SSSR count). The molecule has 0 saturated heterocycles. The number of benzene rings is 1. The first-order valence-electron chi connectivity index (χ1n) is 6.53. The Morgan fingerprint density at radius 2 is 2.05 bits per heavy atom. The van der Waals surface area contributed by atoms with Crippen LogP contribution in [0.4, 0.5) is 0 Å². The Balaban J connectivity index is 1.95. The second-order valence-electron chi connectivity index (χ2n) is 4.36. The van der Waals surface area contributed by atoms with Crippen LogP contribution in [-0.2, 0) is 10.6 Å². The van der Waals surface area contributed by atoms with Gasteiger partial charge >= 0.3 is 5.91 Å². The van der Waals surface area contributed by atoms with Crippen LogP contribution in [0.1, 0.15) is 16.1 Å². The molecule has 0 aliphatic heterocycles. The molecule has 0 aliphatic carbocycles. The van der Waals surface area contributed by atoms with Gasteiger partial charge < -0.3 is 4.42 Å². The van der Waals surface area contributed by atoms with Crippen molar-refractivity contribution < 1.29 is 14.0 Å². The SMILES string of the molecule is CONC(=O)c1oc2ccccc2c1CSc1ncccn1. The lowest BCUT2D eigenvalue weighted by Gasteiger charge is -2.03. The van der Waals surface area contributed by atoms with Crippen molar-refractivity contribution in [2.45, 2.75) is 10.9 Å². The summed E-state index contributed by atoms with van der Waals surface area (Å²) >= 11 is 1.44. The Hall–Kier alpha value is -2.38. The summed E-state index contributed by atoms with van der Waals surface area (Å²) in [5, 5.41) is 1.54. The lowest BCUT2D eigenvalue weighted by atomic mass is 10.1. The lowest BCUT2D eigenvalue weighted by Crippen LogP contribution is -2.22. The van der Waals surface area contributed by atoms with Crippen molar-refractivity contribution in [3.05, 3.63) is 54.0 Å². The third kappa shape index (κ3) is 2.95. The van der Waals surface area contributed by atoms with Crippen LogP contribution in [0, 0.1) is 0 Å². The van der Waals surface area contributed by atoms with Crippen molar-refractivity contribution in [2.24, 2.45) is 0 Å². The first-order valence-corrected chi connectivity index (χ1v) is 7.51. The summed E-state index contributed by atoms with van der Waals surface area (Å²) < 4.78 is 5.66. The van der Waals surface area contributed by atoms with Gasteiger partial charge in [-0.05, 0) is 12.1 Å². The number of para-hydroxylation sites is 1. The largest absolute Gasteiger partial charge is 0.450 e. The summed E-state index contributed by atoms with van der Waals surface area (Å²) in [6, 6.07) is 9.27. The summed E-state index contributed by atoms with van der Waals surface area (Å²) in [6.07, 6.45) is 3.36. The average molecular weight is 315 g/mol. The van der Waals surface area contributed by atoms with Gasteiger partial charge in [-0.25, -0.2) is 15.4 Å². The van der Waals surface area contributed by atoms with Gasteiger partial charge in [0.1, 0.15) is 5.58 Å². The van der Waals surface area contributed by atoms with Gasteiger partial charge in [-0.1, -0.05) is 30.0 Å². The molecule has 112 valence electrons. The number of hydroxylamine groups is 1. The number of thioether (sulfide) groups is 1. The van der Waals surface area contributed by atoms with E-state index in [0.717, 1.165) is 10.9 Å². The van der Waals surface area contributed by atoms with Gasteiger partial charge in [0.2, 0.25) is 0 Å². The fourth-order valence-electron chi connectivity index (χ4n) is 2.06. The Morgan fingerprint density at radius 1 is 1.27 bits per heavy atom. The molecule has 2 aromatic heterocycles. The predicted octanol–water partition coefficient (Wildman–Crippen LogP) is 2.81. The zero-order chi connectivity index (χ0) is 15.4. The molecular formula is C15H13N3O3S. The van der Waals surface area contributed by atoms with E-state index in [2.05, 4.69) is 20.3 Å². The first kappa shape index (κ1) is 14.6. The van der Waals surface area contributed by atoms with Gasteiger partial charge in [-0.15, -0.1) is 0 Å². The minimum atomic E-state index is -0.414. The molecule has 7 heteroatoms. The monoisotopic (exact) mass is 315 g/mol. The number of nitrogens with one attached hydrogen (secondary N) is 1. The maximum atomic E-state index is 12.1. The summed E-state index contributed by atoms with van der Waals surface area (Å²) in [5.41, 5.74) is 3.74. The van der Waals surface area contributed by atoms with Crippen LogP contribution in [-0.4, -0.2) is 23.0 Å². The van der Waals surface area contributed by atoms with Crippen LogP contribution in [0.5, 0.6) is 0 Å². The summed E-state index contributed by atoms with van der Waals surface area (Å²) in [5.74, 6) is 0.350. The summed E-state index contributed by atoms with van der Waals surface area (Å²) in [4.78, 5) is 25.1. The maximum Gasteiger partial charge on any atom is 0.310 e. The molecule has 0 atom stereocenters. The van der Waals surface area contributed by atoms with Crippen LogP contribution >= 0.6 is 11.8 Å². The highest BCUT2D eigenvalue weighted by atomic mass is 32.2. The quantitative estimate of drug-likeness (QED) is 0.443. The molecule has 0 aliphatic rings. The Bertz CT molecular complexity index is 789. The van der Waals surface area contributed by atoms with Crippen LogP contribution in [0.2, 0.25) is 0 Å². The van der Waals surface area contributed by atoms with Gasteiger partial charge in [0, 0.05) is 29.1 Å². The molecule has 0 spiro atoms. The van der Waals surface area contributed by atoms with Gasteiger partial charge in [0.05, 0.1) is 7.11 Å². The molecule has 2 heterocycles. The molecule has 0 unspecified atom stereocenters. The van der Waals surface area contributed by atoms with Gasteiger partial charge in [-0.2, -0.15) is 0 Å². The number of aromatic nitrogens is 2. The average Bonchev–Trinajstić information content (AvgIpc) is 2.93. The molecule has 0 radical (unpaired) electrons. The molecule has 6 nitrogen and oxygen atoms in total. The van der Waals surface area contributed by atoms with Crippen LogP contribution < -0.4 is 5.48 Å². The number of amides is 1. The highest BCUT2D eigenvalue weighted by Crippen LogP contribution is 2.30. The minimum Gasteiger partial charge on any atom is -0.450 e. The van der Waals surface area contributed by atoms with Crippen molar-refractivity contribution in [3.63, 3.8) is 0 Å². The molecule has 1 N–H and O–H groups in total. The standard InChI is InChI=1S/C15H13N3O3S/c1-20-18-14(19)13-11(9-22-15-16-7-4-8-17-15)10-5-2-3-6-12(10)21-13/h2-8H,9H2,1H3,(H,18,19). The molecule has 22 heavy (non-hydrogen) atoms. The smallest absolute Gasteiger partial charge is 0.310 e. The van der Waals surface area contributed by atoms with E-state index < -0.39 is 5.91 Å². The van der Waals surface area contributed by atoms with E-state index in [1.54, 1.807) is 18.5 Å². The zero-order valence-electron chi connectivity index (χ0n) is 11.8. The van der Waals surface area contributed by atoms with E-state index in [4.69, 9.17) is 4.42 Å². The summed E-state index contributed by atoms with van der Waals surface area (Å²) in [7, 11) is 1.38. The van der Waals surface area contributed by atoms with E-state index in [-0.39, 0.29) is 5.76 Å². The van der Waals surface area contributed by atoms with Crippen LogP contribution in [0.15, 0.2) is 52.3 Å². The second-order valence-corrected chi connectivity index (χ2v) is 5.30. The molecule has 1 amide bonds. The van der Waals surface area contributed by atoms with Crippen LogP contribution in [0.25, 0.3) is 11.0 Å². The molecule has 0 saturated carbocycles. The third-order valence-corrected chi connectivity index (χ3v) is 3.89. The number of carbonyl (C=O) groups is 1. The second kappa shape index (κ2) is 6.59. The predicted molar refractivity (Wildman–Crippen MR) is 82.3 cm³/mol. The molecular weight excluding hydrogens is 302 g/mol. The highest BCUT2D eigenvalue weighted by Gasteiger charge is 2.20. The van der Waals surface area contributed by atoms with E-state index in [1.807, 2.05) is 24.3 Å². The topological polar surface area (TPSA) is 77.2 Å². The van der Waals surface area contributed by atoms with E-state index in [1.165, 1.54) is 18.9 Å². The fraction of sp³-hybridized carbons (Fsp3) is 0.133. The molecule has 0 bridgehead atoms. The summed E-state index contributed by atoms with van der Waals surface area (Å²) in [6.45, 7) is 0. The Kier molecular flexibility index (Phi) is 4.36. The van der Waals surface area contributed by atoms with Gasteiger partial charge in [0.15, 0.2) is 10.9 Å². The van der Waals surface area contributed by atoms with Crippen molar-refractivity contribution in [3.8, 4) is 0 Å².